The van der Waals surface area contributed by atoms with E-state index in [1.54, 1.807) is 22.9 Å². The Bertz CT molecular complexity index is 973. The third-order valence-electron chi connectivity index (χ3n) is 5.24. The van der Waals surface area contributed by atoms with Gasteiger partial charge < -0.3 is 15.5 Å². The van der Waals surface area contributed by atoms with Crippen molar-refractivity contribution in [2.24, 2.45) is 0 Å². The smallest absolute Gasteiger partial charge is 0.241 e. The average Bonchev–Trinajstić information content (AvgIpc) is 2.78. The summed E-state index contributed by atoms with van der Waals surface area (Å²) in [6.45, 7) is 6.01. The third kappa shape index (κ3) is 5.04. The normalized spacial score (nSPS) is 16.0. The Labute approximate surface area is 177 Å². The summed E-state index contributed by atoms with van der Waals surface area (Å²) in [5.41, 5.74) is 4.30. The number of amides is 3. The maximum absolute atomic E-state index is 13.1. The van der Waals surface area contributed by atoms with Gasteiger partial charge in [-0.1, -0.05) is 18.2 Å². The number of carbonyl (C=O) groups is 3. The van der Waals surface area contributed by atoms with Crippen LogP contribution in [0, 0.1) is 13.8 Å². The number of hydrogen-bond acceptors (Lipinski definition) is 4. The van der Waals surface area contributed by atoms with Gasteiger partial charge >= 0.3 is 0 Å². The molecule has 7 nitrogen and oxygen atoms in total. The lowest BCUT2D eigenvalue weighted by Gasteiger charge is -2.29. The summed E-state index contributed by atoms with van der Waals surface area (Å²) < 4.78 is 0. The first-order valence-electron chi connectivity index (χ1n) is 10.0. The molecule has 1 atom stereocenters. The van der Waals surface area contributed by atoms with Gasteiger partial charge in [0.15, 0.2) is 0 Å². The van der Waals surface area contributed by atoms with Crippen LogP contribution in [0.2, 0.25) is 0 Å². The van der Waals surface area contributed by atoms with Crippen LogP contribution in [0.15, 0.2) is 42.5 Å². The second-order valence-corrected chi connectivity index (χ2v) is 7.90. The number of nitrogens with zero attached hydrogens (tertiary/aromatic N) is 2. The Balaban J connectivity index is 1.65. The van der Waals surface area contributed by atoms with Gasteiger partial charge in [-0.25, -0.2) is 0 Å². The van der Waals surface area contributed by atoms with Crippen LogP contribution in [-0.4, -0.2) is 48.8 Å². The summed E-state index contributed by atoms with van der Waals surface area (Å²) in [6, 6.07) is 12.7. The molecule has 0 saturated carbocycles. The summed E-state index contributed by atoms with van der Waals surface area (Å²) in [5.74, 6) is -0.464. The zero-order valence-electron chi connectivity index (χ0n) is 17.9. The first-order valence-corrected chi connectivity index (χ1v) is 10.0. The molecule has 0 unspecified atom stereocenters. The van der Waals surface area contributed by atoms with Crippen molar-refractivity contribution < 1.29 is 14.4 Å². The number of para-hydroxylation sites is 2. The molecule has 0 fully saturated rings. The van der Waals surface area contributed by atoms with E-state index in [9.17, 15) is 14.4 Å². The fraction of sp³-hybridized carbons (Fsp3) is 0.348. The first kappa shape index (κ1) is 21.5. The minimum atomic E-state index is -0.279. The van der Waals surface area contributed by atoms with Crippen LogP contribution in [0.1, 0.15) is 24.5 Å². The summed E-state index contributed by atoms with van der Waals surface area (Å²) in [6.07, 6.45) is 0.220. The predicted molar refractivity (Wildman–Crippen MR) is 119 cm³/mol. The first-order chi connectivity index (χ1) is 14.2. The van der Waals surface area contributed by atoms with Crippen molar-refractivity contribution in [3.8, 4) is 0 Å². The number of benzene rings is 2. The lowest BCUT2D eigenvalue weighted by Crippen LogP contribution is -2.45. The molecule has 0 aromatic heterocycles. The summed E-state index contributed by atoms with van der Waals surface area (Å²) in [4.78, 5) is 40.9. The van der Waals surface area contributed by atoms with Crippen molar-refractivity contribution in [3.63, 3.8) is 0 Å². The van der Waals surface area contributed by atoms with E-state index in [2.05, 4.69) is 10.6 Å². The highest BCUT2D eigenvalue weighted by Gasteiger charge is 2.30. The molecular formula is C23H28N4O3. The third-order valence-corrected chi connectivity index (χ3v) is 5.24. The minimum Gasteiger partial charge on any atom is -0.325 e. The largest absolute Gasteiger partial charge is 0.325 e. The van der Waals surface area contributed by atoms with E-state index in [0.29, 0.717) is 11.4 Å². The van der Waals surface area contributed by atoms with Gasteiger partial charge in [-0.3, -0.25) is 19.3 Å². The van der Waals surface area contributed by atoms with Gasteiger partial charge in [0.2, 0.25) is 17.7 Å². The molecule has 3 amide bonds. The Kier molecular flexibility index (Phi) is 6.52. The van der Waals surface area contributed by atoms with Crippen LogP contribution < -0.4 is 15.5 Å². The van der Waals surface area contributed by atoms with Crippen LogP contribution in [0.3, 0.4) is 0 Å². The van der Waals surface area contributed by atoms with E-state index in [-0.39, 0.29) is 43.3 Å². The van der Waals surface area contributed by atoms with Gasteiger partial charge in [0, 0.05) is 18.2 Å². The van der Waals surface area contributed by atoms with Gasteiger partial charge in [-0.15, -0.1) is 0 Å². The highest BCUT2D eigenvalue weighted by atomic mass is 16.2. The minimum absolute atomic E-state index is 0.0627. The number of hydrogen-bond donors (Lipinski definition) is 2. The average molecular weight is 409 g/mol. The highest BCUT2D eigenvalue weighted by molar-refractivity contribution is 6.05. The quantitative estimate of drug-likeness (QED) is 0.797. The SMILES string of the molecule is Cc1ccc(NC(=O)CN(C)CC(=O)N2c3ccccc3NC(=O)C[C@@H]2C)cc1C. The molecule has 1 aliphatic rings. The molecule has 1 heterocycles. The van der Waals surface area contributed by atoms with E-state index in [1.165, 1.54) is 0 Å². The van der Waals surface area contributed by atoms with Crippen LogP contribution in [0.25, 0.3) is 0 Å². The molecule has 158 valence electrons. The number of likely N-dealkylation sites (N-methyl/N-ethyl adjacent to an activating group) is 1. The molecule has 2 aromatic rings. The molecule has 3 rings (SSSR count). The van der Waals surface area contributed by atoms with Gasteiger partial charge in [0.25, 0.3) is 0 Å². The van der Waals surface area contributed by atoms with Crippen molar-refractivity contribution in [2.75, 3.05) is 35.7 Å². The van der Waals surface area contributed by atoms with Gasteiger partial charge in [-0.05, 0) is 63.2 Å². The predicted octanol–water partition coefficient (Wildman–Crippen LogP) is 2.94. The molecule has 1 aliphatic heterocycles. The molecule has 0 spiro atoms. The topological polar surface area (TPSA) is 81.8 Å². The number of rotatable bonds is 5. The second-order valence-electron chi connectivity index (χ2n) is 7.90. The fourth-order valence-corrected chi connectivity index (χ4v) is 3.60. The van der Waals surface area contributed by atoms with Crippen LogP contribution in [-0.2, 0) is 14.4 Å². The van der Waals surface area contributed by atoms with E-state index in [1.807, 2.05) is 57.2 Å². The van der Waals surface area contributed by atoms with Crippen molar-refractivity contribution in [1.29, 1.82) is 0 Å². The zero-order chi connectivity index (χ0) is 21.8. The van der Waals surface area contributed by atoms with Crippen LogP contribution in [0.4, 0.5) is 17.1 Å². The molecule has 0 aliphatic carbocycles. The molecular weight excluding hydrogens is 380 g/mol. The Hall–Kier alpha value is -3.19. The van der Waals surface area contributed by atoms with Gasteiger partial charge in [0.1, 0.15) is 0 Å². The maximum atomic E-state index is 13.1. The molecule has 30 heavy (non-hydrogen) atoms. The molecule has 0 radical (unpaired) electrons. The standard InChI is InChI=1S/C23H28N4O3/c1-15-9-10-18(11-16(15)2)24-22(29)13-26(4)14-23(30)27-17(3)12-21(28)25-19-7-5-6-8-20(19)27/h5-11,17H,12-14H2,1-4H3,(H,24,29)(H,25,28)/t17-/m0/s1. The molecule has 2 N–H and O–H groups in total. The van der Waals surface area contributed by atoms with Gasteiger partial charge in [0.05, 0.1) is 24.5 Å². The summed E-state index contributed by atoms with van der Waals surface area (Å²) in [7, 11) is 1.73. The van der Waals surface area contributed by atoms with E-state index >= 15 is 0 Å². The van der Waals surface area contributed by atoms with E-state index in [4.69, 9.17) is 0 Å². The van der Waals surface area contributed by atoms with Crippen LogP contribution >= 0.6 is 0 Å². The lowest BCUT2D eigenvalue weighted by atomic mass is 10.1. The van der Waals surface area contributed by atoms with Crippen molar-refractivity contribution in [1.82, 2.24) is 4.90 Å². The van der Waals surface area contributed by atoms with Crippen LogP contribution in [0.5, 0.6) is 0 Å². The van der Waals surface area contributed by atoms with E-state index in [0.717, 1.165) is 16.8 Å². The van der Waals surface area contributed by atoms with Gasteiger partial charge in [-0.2, -0.15) is 0 Å². The Morgan fingerprint density at radius 3 is 2.60 bits per heavy atom. The molecule has 0 saturated heterocycles. The Morgan fingerprint density at radius 2 is 1.87 bits per heavy atom. The maximum Gasteiger partial charge on any atom is 0.241 e. The monoisotopic (exact) mass is 408 g/mol. The molecule has 0 bridgehead atoms. The Morgan fingerprint density at radius 1 is 1.13 bits per heavy atom. The van der Waals surface area contributed by atoms with Crippen molar-refractivity contribution in [2.45, 2.75) is 33.2 Å². The van der Waals surface area contributed by atoms with E-state index < -0.39 is 0 Å². The second kappa shape index (κ2) is 9.09. The summed E-state index contributed by atoms with van der Waals surface area (Å²) in [5, 5.41) is 5.72. The summed E-state index contributed by atoms with van der Waals surface area (Å²) >= 11 is 0. The lowest BCUT2D eigenvalue weighted by molar-refractivity contribution is -0.121. The zero-order valence-corrected chi connectivity index (χ0v) is 17.9. The number of nitrogens with one attached hydrogen (secondary N) is 2. The van der Waals surface area contributed by atoms with Crippen molar-refractivity contribution in [3.05, 3.63) is 53.6 Å². The number of carbonyl (C=O) groups excluding carboxylic acids is 3. The van der Waals surface area contributed by atoms with Crippen molar-refractivity contribution >= 4 is 34.8 Å². The number of aryl methyl sites for hydroxylation is 2. The molecule has 2 aromatic carbocycles. The fourth-order valence-electron chi connectivity index (χ4n) is 3.60. The molecule has 7 heteroatoms. The number of fused-ring (bicyclic) bond motifs is 1. The number of anilines is 3. The highest BCUT2D eigenvalue weighted by Crippen LogP contribution is 2.31.